The number of hydrogen-bond donors (Lipinski definition) is 1. The molecule has 0 bridgehead atoms. The number of nitrogens with one attached hydrogen (secondary N) is 1. The molecule has 0 aliphatic rings. The molecule has 2 aromatic rings. The summed E-state index contributed by atoms with van der Waals surface area (Å²) in [5.41, 5.74) is 2.09. The lowest BCUT2D eigenvalue weighted by atomic mass is 10.1. The monoisotopic (exact) mass is 273 g/mol. The molecule has 0 aromatic carbocycles. The van der Waals surface area contributed by atoms with Crippen LogP contribution >= 0.6 is 0 Å². The maximum absolute atomic E-state index is 4.66. The maximum atomic E-state index is 4.66. The van der Waals surface area contributed by atoms with Crippen LogP contribution in [0.15, 0.2) is 12.3 Å². The second-order valence-corrected chi connectivity index (χ2v) is 5.28. The van der Waals surface area contributed by atoms with Gasteiger partial charge in [-0.15, -0.1) is 0 Å². The molecule has 0 aliphatic heterocycles. The summed E-state index contributed by atoms with van der Waals surface area (Å²) in [6.07, 6.45) is 3.88. The van der Waals surface area contributed by atoms with E-state index in [9.17, 15) is 0 Å². The molecule has 1 N–H and O–H groups in total. The second-order valence-electron chi connectivity index (χ2n) is 5.28. The lowest BCUT2D eigenvalue weighted by Crippen LogP contribution is -2.10. The molecule has 0 unspecified atom stereocenters. The summed E-state index contributed by atoms with van der Waals surface area (Å²) < 4.78 is 1.85. The highest BCUT2D eigenvalue weighted by Gasteiger charge is 2.13. The molecule has 0 saturated carbocycles. The normalized spacial score (nSPS) is 11.1. The fourth-order valence-corrected chi connectivity index (χ4v) is 2.12. The topological polar surface area (TPSA) is 55.6 Å². The molecule has 0 saturated heterocycles. The Labute approximate surface area is 120 Å². The van der Waals surface area contributed by atoms with Gasteiger partial charge in [-0.25, -0.2) is 14.6 Å². The minimum atomic E-state index is 0.414. The van der Waals surface area contributed by atoms with Crippen LogP contribution in [0.3, 0.4) is 0 Å². The van der Waals surface area contributed by atoms with Crippen LogP contribution < -0.4 is 5.32 Å². The van der Waals surface area contributed by atoms with E-state index in [2.05, 4.69) is 41.2 Å². The van der Waals surface area contributed by atoms with Crippen molar-refractivity contribution in [2.75, 3.05) is 12.4 Å². The Morgan fingerprint density at radius 1 is 1.30 bits per heavy atom. The largest absolute Gasteiger partial charge is 0.373 e. The molecule has 0 radical (unpaired) electrons. The van der Waals surface area contributed by atoms with Crippen LogP contribution in [0.25, 0.3) is 5.82 Å². The molecule has 0 atom stereocenters. The summed E-state index contributed by atoms with van der Waals surface area (Å²) >= 11 is 0. The van der Waals surface area contributed by atoms with Gasteiger partial charge in [0.2, 0.25) is 0 Å². The van der Waals surface area contributed by atoms with E-state index in [1.807, 2.05) is 30.9 Å². The van der Waals surface area contributed by atoms with Crippen LogP contribution in [0.1, 0.15) is 50.2 Å². The molecule has 0 amide bonds. The minimum Gasteiger partial charge on any atom is -0.373 e. The van der Waals surface area contributed by atoms with Crippen molar-refractivity contribution in [1.82, 2.24) is 19.7 Å². The first kappa shape index (κ1) is 14.5. The van der Waals surface area contributed by atoms with E-state index >= 15 is 0 Å². The van der Waals surface area contributed by atoms with Gasteiger partial charge in [0.15, 0.2) is 5.82 Å². The fraction of sp³-hybridized carbons (Fsp3) is 0.533. The first-order chi connectivity index (χ1) is 9.56. The Kier molecular flexibility index (Phi) is 4.37. The SMILES string of the molecule is CCCc1nc(NC)c(C)c(-n2ccc(C(C)C)n2)n1. The molecule has 0 spiro atoms. The number of nitrogens with zero attached hydrogens (tertiary/aromatic N) is 4. The molecular formula is C15H23N5. The van der Waals surface area contributed by atoms with Gasteiger partial charge in [-0.2, -0.15) is 5.10 Å². The number of hydrogen-bond acceptors (Lipinski definition) is 4. The van der Waals surface area contributed by atoms with Gasteiger partial charge in [0.05, 0.1) is 5.69 Å². The predicted molar refractivity (Wildman–Crippen MR) is 81.5 cm³/mol. The van der Waals surface area contributed by atoms with Crippen molar-refractivity contribution in [3.8, 4) is 5.82 Å². The van der Waals surface area contributed by atoms with Gasteiger partial charge < -0.3 is 5.32 Å². The first-order valence-electron chi connectivity index (χ1n) is 7.18. The van der Waals surface area contributed by atoms with E-state index in [1.165, 1.54) is 0 Å². The quantitative estimate of drug-likeness (QED) is 0.909. The van der Waals surface area contributed by atoms with Gasteiger partial charge >= 0.3 is 0 Å². The molecule has 5 nitrogen and oxygen atoms in total. The van der Waals surface area contributed by atoms with Crippen molar-refractivity contribution in [2.45, 2.75) is 46.5 Å². The zero-order valence-corrected chi connectivity index (χ0v) is 12.9. The van der Waals surface area contributed by atoms with Gasteiger partial charge in [-0.3, -0.25) is 0 Å². The van der Waals surface area contributed by atoms with Crippen molar-refractivity contribution in [3.05, 3.63) is 29.3 Å². The molecule has 2 aromatic heterocycles. The highest BCUT2D eigenvalue weighted by molar-refractivity contribution is 5.51. The number of anilines is 1. The summed E-state index contributed by atoms with van der Waals surface area (Å²) in [6.45, 7) is 8.43. The summed E-state index contributed by atoms with van der Waals surface area (Å²) in [6, 6.07) is 2.05. The van der Waals surface area contributed by atoms with Crippen molar-refractivity contribution in [3.63, 3.8) is 0 Å². The fourth-order valence-electron chi connectivity index (χ4n) is 2.12. The third-order valence-corrected chi connectivity index (χ3v) is 3.30. The molecule has 0 aliphatic carbocycles. The average Bonchev–Trinajstić information content (AvgIpc) is 2.90. The molecule has 108 valence electrons. The van der Waals surface area contributed by atoms with E-state index < -0.39 is 0 Å². The van der Waals surface area contributed by atoms with E-state index in [1.54, 1.807) is 0 Å². The molecule has 5 heteroatoms. The van der Waals surface area contributed by atoms with Crippen molar-refractivity contribution < 1.29 is 0 Å². The standard InChI is InChI=1S/C15H23N5/c1-6-7-13-17-14(16-5)11(4)15(18-13)20-9-8-12(19-20)10(2)3/h8-10H,6-7H2,1-5H3,(H,16,17,18). The molecule has 2 rings (SSSR count). The Morgan fingerprint density at radius 2 is 2.05 bits per heavy atom. The summed E-state index contributed by atoms with van der Waals surface area (Å²) in [7, 11) is 1.89. The van der Waals surface area contributed by atoms with Gasteiger partial charge in [0, 0.05) is 25.2 Å². The summed E-state index contributed by atoms with van der Waals surface area (Å²) in [5.74, 6) is 3.01. The van der Waals surface area contributed by atoms with Gasteiger partial charge in [0.25, 0.3) is 0 Å². The highest BCUT2D eigenvalue weighted by atomic mass is 15.3. The lowest BCUT2D eigenvalue weighted by Gasteiger charge is -2.12. The molecule has 20 heavy (non-hydrogen) atoms. The highest BCUT2D eigenvalue weighted by Crippen LogP contribution is 2.20. The second kappa shape index (κ2) is 6.03. The van der Waals surface area contributed by atoms with Crippen LogP contribution in [0.2, 0.25) is 0 Å². The van der Waals surface area contributed by atoms with E-state index in [-0.39, 0.29) is 0 Å². The van der Waals surface area contributed by atoms with Crippen LogP contribution in [0, 0.1) is 6.92 Å². The smallest absolute Gasteiger partial charge is 0.162 e. The maximum Gasteiger partial charge on any atom is 0.162 e. The van der Waals surface area contributed by atoms with Gasteiger partial charge in [-0.1, -0.05) is 20.8 Å². The summed E-state index contributed by atoms with van der Waals surface area (Å²) in [4.78, 5) is 9.21. The zero-order valence-electron chi connectivity index (χ0n) is 12.9. The molecular weight excluding hydrogens is 250 g/mol. The first-order valence-corrected chi connectivity index (χ1v) is 7.18. The summed E-state index contributed by atoms with van der Waals surface area (Å²) in [5, 5.41) is 7.76. The van der Waals surface area contributed by atoms with E-state index in [0.29, 0.717) is 5.92 Å². The lowest BCUT2D eigenvalue weighted by molar-refractivity contribution is 0.738. The van der Waals surface area contributed by atoms with Gasteiger partial charge in [0.1, 0.15) is 11.6 Å². The van der Waals surface area contributed by atoms with Crippen molar-refractivity contribution >= 4 is 5.82 Å². The molecule has 2 heterocycles. The Morgan fingerprint density at radius 3 is 2.60 bits per heavy atom. The van der Waals surface area contributed by atoms with Crippen molar-refractivity contribution in [2.24, 2.45) is 0 Å². The van der Waals surface area contributed by atoms with Crippen LogP contribution in [-0.2, 0) is 6.42 Å². The number of aryl methyl sites for hydroxylation is 1. The van der Waals surface area contributed by atoms with E-state index in [4.69, 9.17) is 0 Å². The number of aromatic nitrogens is 4. The Hall–Kier alpha value is -1.91. The van der Waals surface area contributed by atoms with E-state index in [0.717, 1.165) is 41.6 Å². The number of rotatable bonds is 5. The predicted octanol–water partition coefficient (Wildman–Crippen LogP) is 3.09. The van der Waals surface area contributed by atoms with Crippen molar-refractivity contribution in [1.29, 1.82) is 0 Å². The minimum absolute atomic E-state index is 0.414. The van der Waals surface area contributed by atoms with Gasteiger partial charge in [-0.05, 0) is 25.3 Å². The van der Waals surface area contributed by atoms with Crippen LogP contribution in [0.5, 0.6) is 0 Å². The third kappa shape index (κ3) is 2.81. The molecule has 0 fully saturated rings. The Balaban J connectivity index is 2.50. The zero-order chi connectivity index (χ0) is 14.7. The van der Waals surface area contributed by atoms with Crippen LogP contribution in [0.4, 0.5) is 5.82 Å². The Bertz CT molecular complexity index is 586. The average molecular weight is 273 g/mol. The third-order valence-electron chi connectivity index (χ3n) is 3.30. The van der Waals surface area contributed by atoms with Crippen LogP contribution in [-0.4, -0.2) is 26.8 Å².